The highest BCUT2D eigenvalue weighted by Gasteiger charge is 2.50. The van der Waals surface area contributed by atoms with E-state index in [4.69, 9.17) is 23.7 Å². The highest BCUT2D eigenvalue weighted by molar-refractivity contribution is 5.74. The first-order valence-corrected chi connectivity index (χ1v) is 30.5. The van der Waals surface area contributed by atoms with E-state index in [1.165, 1.54) is 0 Å². The Morgan fingerprint density at radius 3 is 1.20 bits per heavy atom. The van der Waals surface area contributed by atoms with Crippen LogP contribution in [0, 0.1) is 0 Å². The number of allylic oxidation sites excluding steroid dienone is 26. The van der Waals surface area contributed by atoms with Crippen LogP contribution in [0.25, 0.3) is 0 Å². The van der Waals surface area contributed by atoms with E-state index in [9.17, 15) is 34.5 Å². The van der Waals surface area contributed by atoms with Gasteiger partial charge < -0.3 is 39.0 Å². The maximum absolute atomic E-state index is 13.2. The van der Waals surface area contributed by atoms with Crippen molar-refractivity contribution >= 4 is 23.9 Å². The molecular weight excluding hydrogens is 1020 g/mol. The van der Waals surface area contributed by atoms with Crippen molar-refractivity contribution in [2.24, 2.45) is 0 Å². The predicted molar refractivity (Wildman–Crippen MR) is 330 cm³/mol. The number of aliphatic hydroxyl groups is 2. The number of aliphatic hydroxyl groups excluding tert-OH is 2. The maximum atomic E-state index is 13.2. The molecule has 6 atom stereocenters. The van der Waals surface area contributed by atoms with Crippen LogP contribution in [0.1, 0.15) is 201 Å². The molecule has 1 aliphatic heterocycles. The first kappa shape index (κ1) is 73.4. The van der Waals surface area contributed by atoms with Crippen molar-refractivity contribution in [2.45, 2.75) is 237 Å². The molecule has 0 radical (unpaired) electrons. The molecule has 0 aliphatic carbocycles. The summed E-state index contributed by atoms with van der Waals surface area (Å²) in [5.74, 6) is -3.33. The average Bonchev–Trinajstić information content (AvgIpc) is 3.53. The molecule has 0 bridgehead atoms. The number of unbranched alkanes of at least 4 members (excludes halogenated alkanes) is 9. The Bertz CT molecular complexity index is 2010. The van der Waals surface area contributed by atoms with Gasteiger partial charge in [-0.3, -0.25) is 14.4 Å². The molecule has 0 aromatic rings. The van der Waals surface area contributed by atoms with Gasteiger partial charge in [-0.2, -0.15) is 0 Å². The number of hydrogen-bond donors (Lipinski definition) is 3. The van der Waals surface area contributed by atoms with Gasteiger partial charge in [0.05, 0.1) is 6.61 Å². The Kier molecular flexibility index (Phi) is 49.7. The summed E-state index contributed by atoms with van der Waals surface area (Å²) in [6.45, 7) is 5.55. The molecule has 0 aromatic carbocycles. The second-order valence-corrected chi connectivity index (χ2v) is 19.8. The molecule has 3 N–H and O–H groups in total. The molecule has 1 fully saturated rings. The van der Waals surface area contributed by atoms with Crippen molar-refractivity contribution in [3.8, 4) is 0 Å². The molecule has 12 heteroatoms. The third-order valence-corrected chi connectivity index (χ3v) is 12.6. The lowest BCUT2D eigenvalue weighted by Gasteiger charge is -2.40. The number of ether oxygens (including phenoxy) is 5. The number of carboxylic acids is 1. The summed E-state index contributed by atoms with van der Waals surface area (Å²) in [5.41, 5.74) is 0. The summed E-state index contributed by atoms with van der Waals surface area (Å²) in [5, 5.41) is 31.5. The van der Waals surface area contributed by atoms with E-state index in [2.05, 4.69) is 167 Å². The largest absolute Gasteiger partial charge is 0.479 e. The number of esters is 3. The quantitative estimate of drug-likeness (QED) is 0.0228. The Hall–Kier alpha value is -5.66. The first-order valence-electron chi connectivity index (χ1n) is 30.5. The molecule has 12 nitrogen and oxygen atoms in total. The van der Waals surface area contributed by atoms with Crippen LogP contribution < -0.4 is 0 Å². The molecule has 1 rings (SSSR count). The van der Waals surface area contributed by atoms with Crippen LogP contribution in [0.5, 0.6) is 0 Å². The van der Waals surface area contributed by atoms with Gasteiger partial charge in [-0.1, -0.05) is 211 Å². The lowest BCUT2D eigenvalue weighted by Crippen LogP contribution is -2.61. The predicted octanol–water partition coefficient (Wildman–Crippen LogP) is 16.1. The van der Waals surface area contributed by atoms with Crippen molar-refractivity contribution in [1.82, 2.24) is 0 Å². The van der Waals surface area contributed by atoms with Crippen LogP contribution in [0.3, 0.4) is 0 Å². The fourth-order valence-corrected chi connectivity index (χ4v) is 8.04. The molecule has 0 amide bonds. The molecule has 0 saturated carbocycles. The van der Waals surface area contributed by atoms with E-state index in [1.54, 1.807) is 0 Å². The van der Waals surface area contributed by atoms with Gasteiger partial charge in [0.15, 0.2) is 24.6 Å². The first-order chi connectivity index (χ1) is 39.6. The standard InChI is InChI=1S/C69H104O12/c1-4-7-10-13-16-19-22-25-28-30-31-33-35-37-40-43-46-49-52-55-61(70)77-58-60(79-62(71)56-53-50-47-44-41-39-36-32-29-26-23-20-17-14-11-8-5-2)59-78-69-67(65(74)64(73)66(81-69)68(75)76)80-63(72)57-54-51-48-45-42-38-34-27-24-21-18-15-12-9-6-3/h7-12,16-21,25-29,31,33-34,37,40,42,45-46,49,60,64-67,69,73-74H,4-6,13-15,22-24,30,32,35-36,38-39,41,43-44,47-48,50-59H2,1-3H3,(H,75,76)/b10-7-,11-8-,12-9-,19-16-,20-17-,21-18-,28-25-,29-26-,33-31-,34-27-,40-37-,45-42-,49-46-. The summed E-state index contributed by atoms with van der Waals surface area (Å²) in [6.07, 6.45) is 67.9. The van der Waals surface area contributed by atoms with Crippen LogP contribution >= 0.6 is 0 Å². The lowest BCUT2D eigenvalue weighted by atomic mass is 9.98. The van der Waals surface area contributed by atoms with E-state index < -0.39 is 67.3 Å². The third-order valence-electron chi connectivity index (χ3n) is 12.6. The van der Waals surface area contributed by atoms with Gasteiger partial charge in [0.1, 0.15) is 18.8 Å². The number of aliphatic carboxylic acids is 1. The topological polar surface area (TPSA) is 175 Å². The summed E-state index contributed by atoms with van der Waals surface area (Å²) in [7, 11) is 0. The average molecular weight is 1130 g/mol. The highest BCUT2D eigenvalue weighted by Crippen LogP contribution is 2.26. The smallest absolute Gasteiger partial charge is 0.335 e. The van der Waals surface area contributed by atoms with Crippen molar-refractivity contribution in [2.75, 3.05) is 13.2 Å². The van der Waals surface area contributed by atoms with E-state index in [1.807, 2.05) is 12.2 Å². The van der Waals surface area contributed by atoms with E-state index in [0.29, 0.717) is 32.1 Å². The van der Waals surface area contributed by atoms with Gasteiger partial charge in [-0.15, -0.1) is 0 Å². The van der Waals surface area contributed by atoms with Crippen LogP contribution in [-0.4, -0.2) is 89.2 Å². The zero-order chi connectivity index (χ0) is 58.9. The second-order valence-electron chi connectivity index (χ2n) is 19.8. The number of carbonyl (C=O) groups is 4. The van der Waals surface area contributed by atoms with Gasteiger partial charge in [0.25, 0.3) is 0 Å². The summed E-state index contributed by atoms with van der Waals surface area (Å²) < 4.78 is 28.3. The molecule has 1 saturated heterocycles. The Balaban J connectivity index is 2.77. The monoisotopic (exact) mass is 1120 g/mol. The van der Waals surface area contributed by atoms with E-state index in [0.717, 1.165) is 128 Å². The molecule has 1 heterocycles. The summed E-state index contributed by atoms with van der Waals surface area (Å²) in [6, 6.07) is 0. The van der Waals surface area contributed by atoms with Gasteiger partial charge in [-0.25, -0.2) is 4.79 Å². The van der Waals surface area contributed by atoms with Crippen LogP contribution in [-0.2, 0) is 42.9 Å². The van der Waals surface area contributed by atoms with Gasteiger partial charge in [0, 0.05) is 19.3 Å². The van der Waals surface area contributed by atoms with E-state index in [-0.39, 0.29) is 25.9 Å². The third kappa shape index (κ3) is 44.7. The Labute approximate surface area is 488 Å². The summed E-state index contributed by atoms with van der Waals surface area (Å²) >= 11 is 0. The molecule has 81 heavy (non-hydrogen) atoms. The Morgan fingerprint density at radius 2 is 0.765 bits per heavy atom. The highest BCUT2D eigenvalue weighted by atomic mass is 16.7. The minimum absolute atomic E-state index is 0.00951. The molecular formula is C69H104O12. The van der Waals surface area contributed by atoms with Crippen molar-refractivity contribution in [3.05, 3.63) is 158 Å². The number of hydrogen-bond acceptors (Lipinski definition) is 11. The molecule has 6 unspecified atom stereocenters. The molecule has 0 aromatic heterocycles. The zero-order valence-corrected chi connectivity index (χ0v) is 49.7. The van der Waals surface area contributed by atoms with Gasteiger partial charge >= 0.3 is 23.9 Å². The van der Waals surface area contributed by atoms with Gasteiger partial charge in [-0.05, 0) is 128 Å². The van der Waals surface area contributed by atoms with Crippen molar-refractivity contribution in [3.63, 3.8) is 0 Å². The second kappa shape index (κ2) is 54.9. The molecule has 452 valence electrons. The maximum Gasteiger partial charge on any atom is 0.335 e. The van der Waals surface area contributed by atoms with Crippen LogP contribution in [0.4, 0.5) is 0 Å². The number of carboxylic acid groups (broad SMARTS) is 1. The minimum Gasteiger partial charge on any atom is -0.479 e. The van der Waals surface area contributed by atoms with Crippen molar-refractivity contribution < 1.29 is 58.2 Å². The summed E-state index contributed by atoms with van der Waals surface area (Å²) in [4.78, 5) is 51.2. The van der Waals surface area contributed by atoms with Crippen LogP contribution in [0.15, 0.2) is 158 Å². The van der Waals surface area contributed by atoms with Gasteiger partial charge in [0.2, 0.25) is 0 Å². The number of rotatable bonds is 49. The molecule has 0 spiro atoms. The van der Waals surface area contributed by atoms with E-state index >= 15 is 0 Å². The Morgan fingerprint density at radius 1 is 0.407 bits per heavy atom. The lowest BCUT2D eigenvalue weighted by molar-refractivity contribution is -0.301. The minimum atomic E-state index is -1.94. The zero-order valence-electron chi connectivity index (χ0n) is 49.7. The SMILES string of the molecule is CC/C=C\C/C=C\C/C=C\C/C=C\C/C=C\C/C=C\CCC(=O)OCC(COC1OC(C(=O)O)C(O)C(O)C1OC(=O)CCCC/C=C\C/C=C\C/C=C\C/C=C\CC)OC(=O)CCCCCCCCC/C=C\C/C=C\C/C=C\CC. The fourth-order valence-electron chi connectivity index (χ4n) is 8.04. The number of carbonyl (C=O) groups excluding carboxylic acids is 3. The normalized spacial score (nSPS) is 18.9. The van der Waals surface area contributed by atoms with Crippen molar-refractivity contribution in [1.29, 1.82) is 0 Å². The fraction of sp³-hybridized carbons (Fsp3) is 0.565. The molecule has 1 aliphatic rings. The van der Waals surface area contributed by atoms with Crippen LogP contribution in [0.2, 0.25) is 0 Å².